The molecule has 0 spiro atoms. The monoisotopic (exact) mass is 419 g/mol. The Bertz CT molecular complexity index is 954. The first-order valence-electron chi connectivity index (χ1n) is 8.24. The van der Waals surface area contributed by atoms with Crippen LogP contribution in [0.4, 0.5) is 10.5 Å². The molecule has 0 aliphatic carbocycles. The van der Waals surface area contributed by atoms with Gasteiger partial charge in [-0.1, -0.05) is 6.08 Å². The largest absolute Gasteiger partial charge is 0.339 e. The van der Waals surface area contributed by atoms with Gasteiger partial charge in [-0.3, -0.25) is 9.59 Å². The SMILES string of the molecule is C=CCNS(=O)(=O)c1ccc(C(=O)Nc2ccc(SC(=O)N(C)C)cc2)cc1. The van der Waals surface area contributed by atoms with Crippen molar-refractivity contribution in [1.82, 2.24) is 9.62 Å². The fourth-order valence-electron chi connectivity index (χ4n) is 2.04. The molecule has 0 aromatic heterocycles. The summed E-state index contributed by atoms with van der Waals surface area (Å²) in [5.74, 6) is -0.368. The summed E-state index contributed by atoms with van der Waals surface area (Å²) >= 11 is 1.09. The van der Waals surface area contributed by atoms with Gasteiger partial charge in [0.25, 0.3) is 11.1 Å². The minimum Gasteiger partial charge on any atom is -0.339 e. The molecular weight excluding hydrogens is 398 g/mol. The predicted molar refractivity (Wildman–Crippen MR) is 111 cm³/mol. The molecule has 9 heteroatoms. The van der Waals surface area contributed by atoms with E-state index in [0.29, 0.717) is 11.3 Å². The van der Waals surface area contributed by atoms with Gasteiger partial charge < -0.3 is 10.2 Å². The molecule has 0 bridgehead atoms. The Balaban J connectivity index is 2.03. The third-order valence-electron chi connectivity index (χ3n) is 3.53. The number of benzene rings is 2. The molecule has 28 heavy (non-hydrogen) atoms. The second kappa shape index (κ2) is 9.54. The average Bonchev–Trinajstić information content (AvgIpc) is 2.68. The number of hydrogen-bond donors (Lipinski definition) is 2. The fourth-order valence-corrected chi connectivity index (χ4v) is 3.69. The first-order chi connectivity index (χ1) is 13.2. The van der Waals surface area contributed by atoms with E-state index in [2.05, 4.69) is 16.6 Å². The van der Waals surface area contributed by atoms with Gasteiger partial charge >= 0.3 is 0 Å². The maximum atomic E-state index is 12.3. The summed E-state index contributed by atoms with van der Waals surface area (Å²) in [6.45, 7) is 3.59. The van der Waals surface area contributed by atoms with Crippen LogP contribution in [0.25, 0.3) is 0 Å². The van der Waals surface area contributed by atoms with E-state index in [4.69, 9.17) is 0 Å². The molecule has 2 amide bonds. The van der Waals surface area contributed by atoms with E-state index in [1.165, 1.54) is 35.2 Å². The Kier molecular flexibility index (Phi) is 7.38. The Morgan fingerprint density at radius 3 is 2.21 bits per heavy atom. The number of rotatable bonds is 7. The van der Waals surface area contributed by atoms with Gasteiger partial charge in [0.15, 0.2) is 0 Å². The predicted octanol–water partition coefficient (Wildman–Crippen LogP) is 3.18. The van der Waals surface area contributed by atoms with Gasteiger partial charge in [0.1, 0.15) is 0 Å². The van der Waals surface area contributed by atoms with Crippen molar-refractivity contribution in [2.24, 2.45) is 0 Å². The lowest BCUT2D eigenvalue weighted by Gasteiger charge is -2.10. The quantitative estimate of drug-likeness (QED) is 0.531. The highest BCUT2D eigenvalue weighted by Gasteiger charge is 2.14. The van der Waals surface area contributed by atoms with Gasteiger partial charge in [0, 0.05) is 36.8 Å². The highest BCUT2D eigenvalue weighted by atomic mass is 32.2. The van der Waals surface area contributed by atoms with Crippen LogP contribution in [0.15, 0.2) is 71.0 Å². The van der Waals surface area contributed by atoms with Crippen molar-refractivity contribution in [3.63, 3.8) is 0 Å². The van der Waals surface area contributed by atoms with Crippen molar-refractivity contribution >= 4 is 38.6 Å². The van der Waals surface area contributed by atoms with Gasteiger partial charge in [-0.2, -0.15) is 0 Å². The van der Waals surface area contributed by atoms with Crippen molar-refractivity contribution in [2.45, 2.75) is 9.79 Å². The molecule has 148 valence electrons. The molecule has 0 radical (unpaired) electrons. The summed E-state index contributed by atoms with van der Waals surface area (Å²) in [5.41, 5.74) is 0.889. The molecule has 0 fully saturated rings. The van der Waals surface area contributed by atoms with E-state index < -0.39 is 10.0 Å². The van der Waals surface area contributed by atoms with Crippen LogP contribution in [-0.2, 0) is 10.0 Å². The second-order valence-corrected chi connectivity index (χ2v) is 8.70. The summed E-state index contributed by atoms with van der Waals surface area (Å²) in [4.78, 5) is 26.3. The van der Waals surface area contributed by atoms with Crippen molar-refractivity contribution in [3.05, 3.63) is 66.7 Å². The molecule has 0 saturated heterocycles. The lowest BCUT2D eigenvalue weighted by atomic mass is 10.2. The van der Waals surface area contributed by atoms with Crippen LogP contribution in [0.3, 0.4) is 0 Å². The lowest BCUT2D eigenvalue weighted by molar-refractivity contribution is 0.102. The number of anilines is 1. The van der Waals surface area contributed by atoms with Crippen LogP contribution < -0.4 is 10.0 Å². The molecule has 2 N–H and O–H groups in total. The standard InChI is InChI=1S/C19H21N3O4S2/c1-4-13-20-28(25,26)17-11-5-14(6-12-17)18(23)21-15-7-9-16(10-8-15)27-19(24)22(2)3/h4-12,20H,1,13H2,2-3H3,(H,21,23). The van der Waals surface area contributed by atoms with E-state index in [1.807, 2.05) is 0 Å². The molecule has 7 nitrogen and oxygen atoms in total. The van der Waals surface area contributed by atoms with Gasteiger partial charge in [0.05, 0.1) is 4.90 Å². The van der Waals surface area contributed by atoms with E-state index in [1.54, 1.807) is 38.4 Å². The zero-order valence-electron chi connectivity index (χ0n) is 15.5. The first-order valence-corrected chi connectivity index (χ1v) is 10.5. The Morgan fingerprint density at radius 2 is 1.68 bits per heavy atom. The number of hydrogen-bond acceptors (Lipinski definition) is 5. The Hall–Kier alpha value is -2.62. The minimum atomic E-state index is -3.63. The third kappa shape index (κ3) is 5.95. The number of sulfonamides is 1. The minimum absolute atomic E-state index is 0.0674. The van der Waals surface area contributed by atoms with E-state index in [-0.39, 0.29) is 22.6 Å². The fraction of sp³-hybridized carbons (Fsp3) is 0.158. The van der Waals surface area contributed by atoms with Crippen LogP contribution in [0.1, 0.15) is 10.4 Å². The zero-order valence-corrected chi connectivity index (χ0v) is 17.1. The van der Waals surface area contributed by atoms with Crippen molar-refractivity contribution < 1.29 is 18.0 Å². The molecule has 0 heterocycles. The summed E-state index contributed by atoms with van der Waals surface area (Å²) in [6, 6.07) is 12.5. The summed E-state index contributed by atoms with van der Waals surface area (Å²) in [6.07, 6.45) is 1.44. The van der Waals surface area contributed by atoms with Gasteiger partial charge in [-0.25, -0.2) is 13.1 Å². The maximum absolute atomic E-state index is 12.3. The van der Waals surface area contributed by atoms with Crippen molar-refractivity contribution in [1.29, 1.82) is 0 Å². The first kappa shape index (κ1) is 21.7. The normalized spacial score (nSPS) is 10.9. The van der Waals surface area contributed by atoms with Crippen molar-refractivity contribution in [2.75, 3.05) is 26.0 Å². The molecule has 0 aliphatic rings. The third-order valence-corrected chi connectivity index (χ3v) is 6.01. The highest BCUT2D eigenvalue weighted by Crippen LogP contribution is 2.22. The second-order valence-electron chi connectivity index (χ2n) is 5.91. The van der Waals surface area contributed by atoms with Crippen LogP contribution in [0, 0.1) is 0 Å². The smallest absolute Gasteiger partial charge is 0.285 e. The topological polar surface area (TPSA) is 95.6 Å². The molecule has 2 aromatic carbocycles. The van der Waals surface area contributed by atoms with Crippen molar-refractivity contribution in [3.8, 4) is 0 Å². The van der Waals surface area contributed by atoms with Gasteiger partial charge in [-0.15, -0.1) is 6.58 Å². The van der Waals surface area contributed by atoms with Gasteiger partial charge in [0.2, 0.25) is 10.0 Å². The lowest BCUT2D eigenvalue weighted by Crippen LogP contribution is -2.23. The van der Waals surface area contributed by atoms with E-state index in [9.17, 15) is 18.0 Å². The number of amides is 2. The van der Waals surface area contributed by atoms with Crippen LogP contribution in [-0.4, -0.2) is 45.1 Å². The molecule has 2 aromatic rings. The molecule has 0 unspecified atom stereocenters. The summed E-state index contributed by atoms with van der Waals surface area (Å²) < 4.78 is 26.4. The summed E-state index contributed by atoms with van der Waals surface area (Å²) in [7, 11) is -0.278. The average molecular weight is 420 g/mol. The molecule has 2 rings (SSSR count). The number of nitrogens with one attached hydrogen (secondary N) is 2. The number of carbonyl (C=O) groups excluding carboxylic acids is 2. The van der Waals surface area contributed by atoms with Crippen LogP contribution in [0.5, 0.6) is 0 Å². The molecular formula is C19H21N3O4S2. The van der Waals surface area contributed by atoms with Crippen LogP contribution in [0.2, 0.25) is 0 Å². The van der Waals surface area contributed by atoms with E-state index >= 15 is 0 Å². The van der Waals surface area contributed by atoms with Gasteiger partial charge in [-0.05, 0) is 60.3 Å². The number of carbonyl (C=O) groups is 2. The Labute approximate surface area is 168 Å². The molecule has 0 atom stereocenters. The highest BCUT2D eigenvalue weighted by molar-refractivity contribution is 8.13. The molecule has 0 saturated carbocycles. The molecule has 0 aliphatic heterocycles. The van der Waals surface area contributed by atoms with E-state index in [0.717, 1.165) is 16.7 Å². The number of thioether (sulfide) groups is 1. The summed E-state index contributed by atoms with van der Waals surface area (Å²) in [5, 5.41) is 2.64. The zero-order chi connectivity index (χ0) is 20.7. The maximum Gasteiger partial charge on any atom is 0.285 e. The number of nitrogens with zero attached hydrogens (tertiary/aromatic N) is 1. The Morgan fingerprint density at radius 1 is 1.07 bits per heavy atom. The van der Waals surface area contributed by atoms with Crippen LogP contribution >= 0.6 is 11.8 Å².